The molecule has 1 aromatic carbocycles. The lowest BCUT2D eigenvalue weighted by molar-refractivity contribution is -0.152. The zero-order valence-corrected chi connectivity index (χ0v) is 13.1. The Morgan fingerprint density at radius 2 is 1.90 bits per heavy atom. The lowest BCUT2D eigenvalue weighted by atomic mass is 10.1. The summed E-state index contributed by atoms with van der Waals surface area (Å²) in [5.74, 6) is -0.886. The largest absolute Gasteiger partial charge is 0.454 e. The fourth-order valence-electron chi connectivity index (χ4n) is 1.49. The number of rotatable bonds is 7. The molecule has 0 fully saturated rings. The van der Waals surface area contributed by atoms with Crippen LogP contribution in [0.5, 0.6) is 0 Å². The van der Waals surface area contributed by atoms with E-state index in [1.54, 1.807) is 6.92 Å². The molecule has 0 aliphatic rings. The third-order valence-corrected chi connectivity index (χ3v) is 3.06. The van der Waals surface area contributed by atoms with Gasteiger partial charge in [0.15, 0.2) is 6.61 Å². The molecule has 0 bridgehead atoms. The van der Waals surface area contributed by atoms with E-state index in [0.29, 0.717) is 6.61 Å². The molecule has 110 valence electrons. The average molecular weight is 344 g/mol. The van der Waals surface area contributed by atoms with E-state index in [0.717, 1.165) is 10.0 Å². The second kappa shape index (κ2) is 8.71. The SMILES string of the molecule is CCOCC(=O)OCC(=O)N[C@@H](C)c1ccc(Br)cc1. The van der Waals surface area contributed by atoms with Gasteiger partial charge >= 0.3 is 5.97 Å². The Labute approximate surface area is 126 Å². The van der Waals surface area contributed by atoms with Gasteiger partial charge in [-0.05, 0) is 31.5 Å². The fourth-order valence-corrected chi connectivity index (χ4v) is 1.76. The van der Waals surface area contributed by atoms with Gasteiger partial charge in [-0.2, -0.15) is 0 Å². The van der Waals surface area contributed by atoms with Crippen LogP contribution in [-0.2, 0) is 19.1 Å². The molecule has 1 N–H and O–H groups in total. The molecule has 20 heavy (non-hydrogen) atoms. The lowest BCUT2D eigenvalue weighted by Crippen LogP contribution is -2.31. The Morgan fingerprint density at radius 1 is 1.25 bits per heavy atom. The number of carbonyl (C=O) groups excluding carboxylic acids is 2. The average Bonchev–Trinajstić information content (AvgIpc) is 2.43. The zero-order chi connectivity index (χ0) is 15.0. The summed E-state index contributed by atoms with van der Waals surface area (Å²) in [6, 6.07) is 7.48. The highest BCUT2D eigenvalue weighted by Gasteiger charge is 2.11. The van der Waals surface area contributed by atoms with Crippen LogP contribution in [0.3, 0.4) is 0 Å². The number of halogens is 1. The summed E-state index contributed by atoms with van der Waals surface area (Å²) in [7, 11) is 0. The highest BCUT2D eigenvalue weighted by atomic mass is 79.9. The topological polar surface area (TPSA) is 64.6 Å². The second-order valence-electron chi connectivity index (χ2n) is 4.14. The minimum Gasteiger partial charge on any atom is -0.454 e. The molecule has 0 aliphatic heterocycles. The number of nitrogens with one attached hydrogen (secondary N) is 1. The Bertz CT molecular complexity index is 447. The first-order valence-electron chi connectivity index (χ1n) is 6.31. The molecule has 1 amide bonds. The molecular formula is C14H18BrNO4. The molecular weight excluding hydrogens is 326 g/mol. The van der Waals surface area contributed by atoms with Gasteiger partial charge in [-0.25, -0.2) is 4.79 Å². The van der Waals surface area contributed by atoms with Crippen molar-refractivity contribution in [2.75, 3.05) is 19.8 Å². The predicted molar refractivity (Wildman–Crippen MR) is 78.2 cm³/mol. The monoisotopic (exact) mass is 343 g/mol. The minimum absolute atomic E-state index is 0.133. The molecule has 0 radical (unpaired) electrons. The number of ether oxygens (including phenoxy) is 2. The predicted octanol–water partition coefficient (Wildman–Crippen LogP) is 2.21. The fraction of sp³-hybridized carbons (Fsp3) is 0.429. The first kappa shape index (κ1) is 16.7. The van der Waals surface area contributed by atoms with Crippen molar-refractivity contribution >= 4 is 27.8 Å². The van der Waals surface area contributed by atoms with Crippen molar-refractivity contribution in [1.29, 1.82) is 0 Å². The number of hydrogen-bond acceptors (Lipinski definition) is 4. The summed E-state index contributed by atoms with van der Waals surface area (Å²) in [5.41, 5.74) is 0.974. The summed E-state index contributed by atoms with van der Waals surface area (Å²) >= 11 is 3.35. The van der Waals surface area contributed by atoms with E-state index in [2.05, 4.69) is 21.2 Å². The van der Waals surface area contributed by atoms with E-state index < -0.39 is 5.97 Å². The second-order valence-corrected chi connectivity index (χ2v) is 5.05. The van der Waals surface area contributed by atoms with E-state index in [1.807, 2.05) is 31.2 Å². The van der Waals surface area contributed by atoms with Gasteiger partial charge in [0.05, 0.1) is 6.04 Å². The number of esters is 1. The van der Waals surface area contributed by atoms with Crippen molar-refractivity contribution in [3.05, 3.63) is 34.3 Å². The smallest absolute Gasteiger partial charge is 0.332 e. The highest BCUT2D eigenvalue weighted by Crippen LogP contribution is 2.16. The van der Waals surface area contributed by atoms with E-state index in [-0.39, 0.29) is 25.2 Å². The summed E-state index contributed by atoms with van der Waals surface area (Å²) < 4.78 is 10.6. The van der Waals surface area contributed by atoms with Crippen LogP contribution < -0.4 is 5.32 Å². The molecule has 6 heteroatoms. The summed E-state index contributed by atoms with van der Waals surface area (Å²) in [6.07, 6.45) is 0. The highest BCUT2D eigenvalue weighted by molar-refractivity contribution is 9.10. The van der Waals surface area contributed by atoms with E-state index in [9.17, 15) is 9.59 Å². The van der Waals surface area contributed by atoms with Crippen LogP contribution >= 0.6 is 15.9 Å². The van der Waals surface area contributed by atoms with Crippen LogP contribution in [0, 0.1) is 0 Å². The van der Waals surface area contributed by atoms with E-state index in [4.69, 9.17) is 9.47 Å². The van der Waals surface area contributed by atoms with Crippen molar-refractivity contribution in [3.63, 3.8) is 0 Å². The standard InChI is InChI=1S/C14H18BrNO4/c1-3-19-9-14(18)20-8-13(17)16-10(2)11-4-6-12(15)7-5-11/h4-7,10H,3,8-9H2,1-2H3,(H,16,17)/t10-/m0/s1. The van der Waals surface area contributed by atoms with Gasteiger partial charge in [-0.1, -0.05) is 28.1 Å². The summed E-state index contributed by atoms with van der Waals surface area (Å²) in [6.45, 7) is 3.64. The maximum Gasteiger partial charge on any atom is 0.332 e. The number of benzene rings is 1. The van der Waals surface area contributed by atoms with Crippen LogP contribution in [0.1, 0.15) is 25.5 Å². The molecule has 1 rings (SSSR count). The van der Waals surface area contributed by atoms with Crippen LogP contribution in [0.15, 0.2) is 28.7 Å². The molecule has 1 aromatic rings. The Hall–Kier alpha value is -1.40. The molecule has 0 heterocycles. The van der Waals surface area contributed by atoms with Crippen molar-refractivity contribution in [3.8, 4) is 0 Å². The van der Waals surface area contributed by atoms with E-state index in [1.165, 1.54) is 0 Å². The van der Waals surface area contributed by atoms with Gasteiger partial charge in [0.1, 0.15) is 6.61 Å². The van der Waals surface area contributed by atoms with Crippen LogP contribution in [0.25, 0.3) is 0 Å². The Morgan fingerprint density at radius 3 is 2.50 bits per heavy atom. The van der Waals surface area contributed by atoms with Crippen LogP contribution in [-0.4, -0.2) is 31.7 Å². The molecule has 0 aromatic heterocycles. The van der Waals surface area contributed by atoms with Gasteiger partial charge in [0, 0.05) is 11.1 Å². The molecule has 0 saturated heterocycles. The van der Waals surface area contributed by atoms with E-state index >= 15 is 0 Å². The van der Waals surface area contributed by atoms with Gasteiger partial charge < -0.3 is 14.8 Å². The minimum atomic E-state index is -0.543. The number of carbonyl (C=O) groups is 2. The maximum absolute atomic E-state index is 11.6. The summed E-state index contributed by atoms with van der Waals surface area (Å²) in [5, 5.41) is 2.75. The summed E-state index contributed by atoms with van der Waals surface area (Å²) in [4.78, 5) is 22.8. The first-order valence-corrected chi connectivity index (χ1v) is 7.10. The molecule has 1 atom stereocenters. The Kier molecular flexibility index (Phi) is 7.25. The van der Waals surface area contributed by atoms with Crippen molar-refractivity contribution in [1.82, 2.24) is 5.32 Å². The van der Waals surface area contributed by atoms with Gasteiger partial charge in [0.2, 0.25) is 0 Å². The number of amides is 1. The third kappa shape index (κ3) is 6.16. The quantitative estimate of drug-likeness (QED) is 0.771. The molecule has 5 nitrogen and oxygen atoms in total. The van der Waals surface area contributed by atoms with Gasteiger partial charge in [0.25, 0.3) is 5.91 Å². The first-order chi connectivity index (χ1) is 9.52. The normalized spacial score (nSPS) is 11.8. The lowest BCUT2D eigenvalue weighted by Gasteiger charge is -2.14. The van der Waals surface area contributed by atoms with Crippen LogP contribution in [0.4, 0.5) is 0 Å². The van der Waals surface area contributed by atoms with Crippen molar-refractivity contribution in [2.24, 2.45) is 0 Å². The Balaban J connectivity index is 2.34. The zero-order valence-electron chi connectivity index (χ0n) is 11.5. The number of hydrogen-bond donors (Lipinski definition) is 1. The molecule has 0 unspecified atom stereocenters. The van der Waals surface area contributed by atoms with Crippen LogP contribution in [0.2, 0.25) is 0 Å². The maximum atomic E-state index is 11.6. The third-order valence-electron chi connectivity index (χ3n) is 2.54. The van der Waals surface area contributed by atoms with Gasteiger partial charge in [-0.15, -0.1) is 0 Å². The van der Waals surface area contributed by atoms with Crippen molar-refractivity contribution < 1.29 is 19.1 Å². The van der Waals surface area contributed by atoms with Gasteiger partial charge in [-0.3, -0.25) is 4.79 Å². The van der Waals surface area contributed by atoms with Crippen molar-refractivity contribution in [2.45, 2.75) is 19.9 Å². The molecule has 0 spiro atoms. The molecule has 0 aliphatic carbocycles. The molecule has 0 saturated carbocycles.